The largest absolute Gasteiger partial charge is 0.354 e. The fourth-order valence-corrected chi connectivity index (χ4v) is 5.44. The van der Waals surface area contributed by atoms with E-state index in [1.807, 2.05) is 44.2 Å². The van der Waals surface area contributed by atoms with Crippen molar-refractivity contribution in [2.45, 2.75) is 57.7 Å². The van der Waals surface area contributed by atoms with Gasteiger partial charge < -0.3 is 21.3 Å². The van der Waals surface area contributed by atoms with Crippen molar-refractivity contribution >= 4 is 35.0 Å². The first-order chi connectivity index (χ1) is 19.3. The molecule has 10 nitrogen and oxygen atoms in total. The lowest BCUT2D eigenvalue weighted by Gasteiger charge is -2.25. The van der Waals surface area contributed by atoms with E-state index in [4.69, 9.17) is 0 Å². The summed E-state index contributed by atoms with van der Waals surface area (Å²) < 4.78 is 0. The van der Waals surface area contributed by atoms with Crippen LogP contribution in [0.25, 0.3) is 0 Å². The molecule has 3 atom stereocenters. The van der Waals surface area contributed by atoms with E-state index in [2.05, 4.69) is 31.2 Å². The van der Waals surface area contributed by atoms with Crippen LogP contribution in [0.5, 0.6) is 0 Å². The zero-order valence-corrected chi connectivity index (χ0v) is 23.4. The first-order valence-corrected chi connectivity index (χ1v) is 14.3. The summed E-state index contributed by atoms with van der Waals surface area (Å²) in [6.07, 6.45) is 4.94. The molecular weight excluding hydrogens is 528 g/mol. The molecule has 3 heterocycles. The second-order valence-electron chi connectivity index (χ2n) is 10.1. The number of hydrogen-bond donors (Lipinski definition) is 4. The summed E-state index contributed by atoms with van der Waals surface area (Å²) >= 11 is 1.27. The number of fused-ring (bicyclic) bond motifs is 2. The second kappa shape index (κ2) is 13.8. The van der Waals surface area contributed by atoms with Gasteiger partial charge in [0.05, 0.1) is 6.04 Å². The lowest BCUT2D eigenvalue weighted by molar-refractivity contribution is -0.124. The zero-order chi connectivity index (χ0) is 28.5. The number of nitrogens with one attached hydrogen (secondary N) is 4. The van der Waals surface area contributed by atoms with Gasteiger partial charge in [-0.25, -0.2) is 4.98 Å². The van der Waals surface area contributed by atoms with Crippen LogP contribution < -0.4 is 21.3 Å². The number of thiazole rings is 1. The Morgan fingerprint density at radius 2 is 1.77 bits per heavy atom. The molecule has 0 fully saturated rings. The molecule has 0 spiro atoms. The van der Waals surface area contributed by atoms with Crippen molar-refractivity contribution in [3.63, 3.8) is 0 Å². The molecule has 2 aromatic heterocycles. The number of hydrogen-bond acceptors (Lipinski definition) is 7. The van der Waals surface area contributed by atoms with Gasteiger partial charge in [0, 0.05) is 36.3 Å². The predicted octanol–water partition coefficient (Wildman–Crippen LogP) is 2.79. The number of benzene rings is 1. The molecule has 0 aliphatic carbocycles. The molecule has 1 aliphatic heterocycles. The number of rotatable bonds is 5. The molecule has 11 heteroatoms. The summed E-state index contributed by atoms with van der Waals surface area (Å²) in [7, 11) is 0. The quantitative estimate of drug-likeness (QED) is 0.377. The maximum atomic E-state index is 13.4. The fourth-order valence-electron chi connectivity index (χ4n) is 4.42. The van der Waals surface area contributed by atoms with Crippen LogP contribution in [0.3, 0.4) is 0 Å². The Morgan fingerprint density at radius 3 is 2.50 bits per heavy atom. The highest BCUT2D eigenvalue weighted by Gasteiger charge is 2.29. The second-order valence-corrected chi connectivity index (χ2v) is 11.0. The Morgan fingerprint density at radius 1 is 1.02 bits per heavy atom. The summed E-state index contributed by atoms with van der Waals surface area (Å²) in [5.41, 5.74) is 1.51. The lowest BCUT2D eigenvalue weighted by Crippen LogP contribution is -2.49. The zero-order valence-electron chi connectivity index (χ0n) is 22.6. The monoisotopic (exact) mass is 562 g/mol. The van der Waals surface area contributed by atoms with Crippen LogP contribution in [-0.4, -0.2) is 52.2 Å². The summed E-state index contributed by atoms with van der Waals surface area (Å²) in [6.45, 7) is 4.27. The molecule has 1 aromatic carbocycles. The van der Waals surface area contributed by atoms with Crippen molar-refractivity contribution < 1.29 is 19.2 Å². The van der Waals surface area contributed by atoms with E-state index in [0.717, 1.165) is 5.56 Å². The predicted molar refractivity (Wildman–Crippen MR) is 152 cm³/mol. The van der Waals surface area contributed by atoms with Crippen LogP contribution in [0.4, 0.5) is 0 Å². The minimum atomic E-state index is -0.793. The molecule has 0 saturated carbocycles. The van der Waals surface area contributed by atoms with Gasteiger partial charge in [-0.2, -0.15) is 0 Å². The molecular formula is C29H34N6O4S. The summed E-state index contributed by atoms with van der Waals surface area (Å²) in [4.78, 5) is 61.0. The van der Waals surface area contributed by atoms with E-state index < -0.39 is 24.0 Å². The highest BCUT2D eigenvalue weighted by molar-refractivity contribution is 7.09. The van der Waals surface area contributed by atoms with E-state index >= 15 is 0 Å². The van der Waals surface area contributed by atoms with Gasteiger partial charge in [0.25, 0.3) is 11.8 Å². The summed E-state index contributed by atoms with van der Waals surface area (Å²) in [5, 5.41) is 13.8. The minimum absolute atomic E-state index is 0.0296. The average molecular weight is 563 g/mol. The van der Waals surface area contributed by atoms with Gasteiger partial charge in [-0.15, -0.1) is 11.3 Å². The molecule has 4 N–H and O–H groups in total. The first-order valence-electron chi connectivity index (χ1n) is 13.4. The van der Waals surface area contributed by atoms with Crippen LogP contribution >= 0.6 is 11.3 Å². The van der Waals surface area contributed by atoms with Gasteiger partial charge >= 0.3 is 0 Å². The van der Waals surface area contributed by atoms with Crippen molar-refractivity contribution in [2.24, 2.45) is 5.92 Å². The van der Waals surface area contributed by atoms with E-state index in [1.165, 1.54) is 23.7 Å². The molecule has 3 aromatic rings. The number of amides is 4. The molecule has 40 heavy (non-hydrogen) atoms. The number of aromatic nitrogens is 2. The number of pyridine rings is 1. The van der Waals surface area contributed by atoms with Crippen molar-refractivity contribution in [1.82, 2.24) is 31.2 Å². The van der Waals surface area contributed by atoms with Crippen LogP contribution in [0.2, 0.25) is 0 Å². The standard InChI is InChI=1S/C29H34N6O4S/c1-18(2)24-29-34-23(17-40-29)28(39)33-22(16-19-8-4-3-5-9-19)26(37)31-13-7-6-10-21(27(38)35-24)32-25(36)20-11-14-30-15-12-20/h3-5,8-9,11-12,14-15,17-18,21-22,24H,6-7,10,13,16H2,1-2H3,(H,31,37)(H,32,36)(H,33,39)(H,35,38)/t21-,22+,24+/m0/s1. The third kappa shape index (κ3) is 7.72. The van der Waals surface area contributed by atoms with Gasteiger partial charge in [0.15, 0.2) is 0 Å². The molecule has 1 aliphatic rings. The van der Waals surface area contributed by atoms with Gasteiger partial charge in [0.2, 0.25) is 11.8 Å². The van der Waals surface area contributed by atoms with Crippen molar-refractivity contribution in [3.8, 4) is 0 Å². The maximum absolute atomic E-state index is 13.4. The molecule has 210 valence electrons. The topological polar surface area (TPSA) is 142 Å². The number of carbonyl (C=O) groups excluding carboxylic acids is 4. The average Bonchev–Trinajstić information content (AvgIpc) is 3.45. The Labute approximate surface area is 237 Å². The molecule has 0 unspecified atom stereocenters. The van der Waals surface area contributed by atoms with Gasteiger partial charge in [-0.1, -0.05) is 44.2 Å². The molecule has 4 amide bonds. The van der Waals surface area contributed by atoms with Crippen LogP contribution in [0.15, 0.2) is 60.2 Å². The molecule has 2 bridgehead atoms. The van der Waals surface area contributed by atoms with Crippen LogP contribution in [-0.2, 0) is 16.0 Å². The van der Waals surface area contributed by atoms with Gasteiger partial charge in [-0.3, -0.25) is 24.2 Å². The molecule has 0 saturated heterocycles. The van der Waals surface area contributed by atoms with Gasteiger partial charge in [0.1, 0.15) is 22.8 Å². The Bertz CT molecular complexity index is 1310. The third-order valence-electron chi connectivity index (χ3n) is 6.67. The van der Waals surface area contributed by atoms with E-state index in [-0.39, 0.29) is 29.3 Å². The fraction of sp³-hybridized carbons (Fsp3) is 0.379. The number of carbonyl (C=O) groups is 4. The van der Waals surface area contributed by atoms with E-state index in [9.17, 15) is 19.2 Å². The molecule has 0 radical (unpaired) electrons. The van der Waals surface area contributed by atoms with Crippen molar-refractivity contribution in [2.75, 3.05) is 6.54 Å². The third-order valence-corrected chi connectivity index (χ3v) is 7.60. The van der Waals surface area contributed by atoms with Gasteiger partial charge in [-0.05, 0) is 42.9 Å². The van der Waals surface area contributed by atoms with E-state index in [1.54, 1.807) is 17.5 Å². The minimum Gasteiger partial charge on any atom is -0.354 e. The first kappa shape index (κ1) is 28.9. The Hall–Kier alpha value is -4.12. The smallest absolute Gasteiger partial charge is 0.271 e. The SMILES string of the molecule is CC(C)[C@H]1NC(=O)[C@@H](NC(=O)c2ccncc2)CCCCNC(=O)[C@@H](Cc2ccccc2)NC(=O)c2csc1n2. The number of nitrogens with zero attached hydrogens (tertiary/aromatic N) is 2. The van der Waals surface area contributed by atoms with E-state index in [0.29, 0.717) is 42.8 Å². The van der Waals surface area contributed by atoms with Crippen LogP contribution in [0, 0.1) is 5.92 Å². The van der Waals surface area contributed by atoms with Crippen molar-refractivity contribution in [1.29, 1.82) is 0 Å². The van der Waals surface area contributed by atoms with Crippen LogP contribution in [0.1, 0.15) is 70.6 Å². The Balaban J connectivity index is 1.58. The van der Waals surface area contributed by atoms with Crippen molar-refractivity contribution in [3.05, 3.63) is 82.1 Å². The maximum Gasteiger partial charge on any atom is 0.271 e. The highest BCUT2D eigenvalue weighted by atomic mass is 32.1. The highest BCUT2D eigenvalue weighted by Crippen LogP contribution is 2.26. The summed E-state index contributed by atoms with van der Waals surface area (Å²) in [5.74, 6) is -1.48. The normalized spacial score (nSPS) is 20.8. The lowest BCUT2D eigenvalue weighted by atomic mass is 10.0. The Kier molecular flexibility index (Phi) is 9.96. The summed E-state index contributed by atoms with van der Waals surface area (Å²) in [6, 6.07) is 10.6. The molecule has 4 rings (SSSR count).